The van der Waals surface area contributed by atoms with E-state index in [4.69, 9.17) is 0 Å². The first-order valence-electron chi connectivity index (χ1n) is 7.90. The Morgan fingerprint density at radius 1 is 1.32 bits per heavy atom. The number of unbranched alkanes of at least 4 members (excludes halogenated alkanes) is 1. The van der Waals surface area contributed by atoms with Crippen molar-refractivity contribution in [2.75, 3.05) is 43.8 Å². The van der Waals surface area contributed by atoms with E-state index in [-0.39, 0.29) is 5.91 Å². The minimum absolute atomic E-state index is 0.00163. The van der Waals surface area contributed by atoms with E-state index in [1.807, 2.05) is 24.3 Å². The van der Waals surface area contributed by atoms with Crippen LogP contribution in [0.5, 0.6) is 0 Å². The van der Waals surface area contributed by atoms with E-state index < -0.39 is 11.2 Å². The summed E-state index contributed by atoms with van der Waals surface area (Å²) in [5.74, 6) is 0.701. The molecule has 0 aromatic heterocycles. The Bertz CT molecular complexity index is 461. The number of benzene rings is 1. The Labute approximate surface area is 135 Å². The third kappa shape index (κ3) is 5.61. The number of amides is 1. The highest BCUT2D eigenvalue weighted by Crippen LogP contribution is 2.16. The molecule has 1 fully saturated rings. The summed E-state index contributed by atoms with van der Waals surface area (Å²) in [6.07, 6.45) is 2.02. The summed E-state index contributed by atoms with van der Waals surface area (Å²) < 4.78 is 12.0. The quantitative estimate of drug-likeness (QED) is 0.745. The van der Waals surface area contributed by atoms with Crippen molar-refractivity contribution >= 4 is 22.8 Å². The molecule has 1 saturated heterocycles. The largest absolute Gasteiger partial charge is 0.611 e. The maximum Gasteiger partial charge on any atom is 0.238 e. The van der Waals surface area contributed by atoms with Gasteiger partial charge < -0.3 is 15.2 Å². The summed E-state index contributed by atoms with van der Waals surface area (Å²) in [5, 5.41) is 6.17. The van der Waals surface area contributed by atoms with Gasteiger partial charge in [0.25, 0.3) is 0 Å². The Morgan fingerprint density at radius 3 is 2.64 bits per heavy atom. The molecule has 1 aliphatic rings. The lowest BCUT2D eigenvalue weighted by Crippen LogP contribution is -2.46. The van der Waals surface area contributed by atoms with Gasteiger partial charge in [0, 0.05) is 31.9 Å². The number of carbonyl (C=O) groups excluding carboxylic acids is 1. The zero-order chi connectivity index (χ0) is 15.8. The highest BCUT2D eigenvalue weighted by atomic mass is 32.2. The lowest BCUT2D eigenvalue weighted by Gasteiger charge is -2.26. The van der Waals surface area contributed by atoms with Gasteiger partial charge in [0.05, 0.1) is 6.54 Å². The van der Waals surface area contributed by atoms with E-state index in [2.05, 4.69) is 22.5 Å². The van der Waals surface area contributed by atoms with Gasteiger partial charge in [-0.05, 0) is 41.9 Å². The molecule has 0 aliphatic carbocycles. The fourth-order valence-electron chi connectivity index (χ4n) is 2.36. The minimum Gasteiger partial charge on any atom is -0.611 e. The number of nitrogens with zero attached hydrogens (tertiary/aromatic N) is 1. The van der Waals surface area contributed by atoms with Crippen LogP contribution in [0.4, 0.5) is 5.69 Å². The molecule has 1 aliphatic heterocycles. The zero-order valence-electron chi connectivity index (χ0n) is 13.1. The summed E-state index contributed by atoms with van der Waals surface area (Å²) >= 11 is -0.938. The smallest absolute Gasteiger partial charge is 0.238 e. The molecular formula is C16H25N3O2S. The molecule has 0 radical (unpaired) electrons. The molecule has 5 nitrogen and oxygen atoms in total. The first-order valence-corrected chi connectivity index (χ1v) is 9.22. The monoisotopic (exact) mass is 323 g/mol. The standard InChI is InChI=1S/C16H25N3O2S/c1-2-3-12-22(21)15-6-4-14(5-7-15)18-16(20)13-19-10-8-17-9-11-19/h4-7,17H,2-3,8-13H2,1H3,(H,18,20). The van der Waals surface area contributed by atoms with Crippen LogP contribution in [0.2, 0.25) is 0 Å². The van der Waals surface area contributed by atoms with E-state index in [1.54, 1.807) is 0 Å². The molecule has 2 N–H and O–H groups in total. The molecule has 122 valence electrons. The average molecular weight is 323 g/mol. The summed E-state index contributed by atoms with van der Waals surface area (Å²) in [5.41, 5.74) is 0.761. The molecule has 2 rings (SSSR count). The van der Waals surface area contributed by atoms with Gasteiger partial charge in [0.15, 0.2) is 4.90 Å². The van der Waals surface area contributed by atoms with Crippen molar-refractivity contribution in [1.82, 2.24) is 10.2 Å². The molecule has 22 heavy (non-hydrogen) atoms. The van der Waals surface area contributed by atoms with Gasteiger partial charge in [-0.15, -0.1) is 0 Å². The highest BCUT2D eigenvalue weighted by Gasteiger charge is 2.14. The van der Waals surface area contributed by atoms with Crippen LogP contribution in [0.1, 0.15) is 19.8 Å². The molecule has 1 unspecified atom stereocenters. The third-order valence-corrected chi connectivity index (χ3v) is 5.12. The van der Waals surface area contributed by atoms with Gasteiger partial charge in [-0.2, -0.15) is 0 Å². The number of carbonyl (C=O) groups is 1. The van der Waals surface area contributed by atoms with Gasteiger partial charge in [-0.3, -0.25) is 9.69 Å². The number of hydrogen-bond donors (Lipinski definition) is 2. The molecule has 1 heterocycles. The van der Waals surface area contributed by atoms with Crippen LogP contribution in [0.3, 0.4) is 0 Å². The summed E-state index contributed by atoms with van der Waals surface area (Å²) in [6.45, 7) is 6.20. The van der Waals surface area contributed by atoms with Crippen molar-refractivity contribution in [2.24, 2.45) is 0 Å². The third-order valence-electron chi connectivity index (χ3n) is 3.66. The molecular weight excluding hydrogens is 298 g/mol. The first kappa shape index (κ1) is 17.3. The minimum atomic E-state index is -0.938. The van der Waals surface area contributed by atoms with E-state index in [9.17, 15) is 9.35 Å². The Balaban J connectivity index is 1.81. The Hall–Kier alpha value is -1.08. The predicted molar refractivity (Wildman–Crippen MR) is 90.6 cm³/mol. The number of nitrogens with one attached hydrogen (secondary N) is 2. The number of hydrogen-bond acceptors (Lipinski definition) is 4. The van der Waals surface area contributed by atoms with Crippen LogP contribution in [-0.4, -0.2) is 53.8 Å². The lowest BCUT2D eigenvalue weighted by molar-refractivity contribution is -0.117. The van der Waals surface area contributed by atoms with Gasteiger partial charge in [0.2, 0.25) is 5.91 Å². The molecule has 1 aromatic rings. The maximum absolute atomic E-state index is 12.0. The van der Waals surface area contributed by atoms with E-state index in [0.29, 0.717) is 12.3 Å². The van der Waals surface area contributed by atoms with Gasteiger partial charge in [0.1, 0.15) is 5.75 Å². The number of piperazine rings is 1. The predicted octanol–water partition coefficient (Wildman–Crippen LogP) is 1.44. The molecule has 1 amide bonds. The molecule has 6 heteroatoms. The zero-order valence-corrected chi connectivity index (χ0v) is 14.0. The Kier molecular flexibility index (Phi) is 7.18. The lowest BCUT2D eigenvalue weighted by atomic mass is 10.3. The topological polar surface area (TPSA) is 67.4 Å². The van der Waals surface area contributed by atoms with Crippen molar-refractivity contribution in [1.29, 1.82) is 0 Å². The SMILES string of the molecule is CCCC[S+]([O-])c1ccc(NC(=O)CN2CCNCC2)cc1. The Morgan fingerprint density at radius 2 is 2.00 bits per heavy atom. The molecule has 0 bridgehead atoms. The van der Waals surface area contributed by atoms with Crippen LogP contribution >= 0.6 is 0 Å². The second kappa shape index (κ2) is 9.15. The number of anilines is 1. The molecule has 1 atom stereocenters. The van der Waals surface area contributed by atoms with Crippen molar-refractivity contribution in [3.63, 3.8) is 0 Å². The highest BCUT2D eigenvalue weighted by molar-refractivity contribution is 7.91. The summed E-state index contributed by atoms with van der Waals surface area (Å²) in [4.78, 5) is 15.0. The summed E-state index contributed by atoms with van der Waals surface area (Å²) in [7, 11) is 0. The van der Waals surface area contributed by atoms with Gasteiger partial charge >= 0.3 is 0 Å². The van der Waals surface area contributed by atoms with Crippen molar-refractivity contribution < 1.29 is 9.35 Å². The van der Waals surface area contributed by atoms with Gasteiger partial charge in [-0.25, -0.2) is 0 Å². The van der Waals surface area contributed by atoms with Crippen molar-refractivity contribution in [3.8, 4) is 0 Å². The van der Waals surface area contributed by atoms with Crippen LogP contribution in [0, 0.1) is 0 Å². The second-order valence-electron chi connectivity index (χ2n) is 5.50. The average Bonchev–Trinajstić information content (AvgIpc) is 2.54. The first-order chi connectivity index (χ1) is 10.7. The fraction of sp³-hybridized carbons (Fsp3) is 0.562. The maximum atomic E-state index is 12.0. The van der Waals surface area contributed by atoms with Crippen LogP contribution in [0.25, 0.3) is 0 Å². The van der Waals surface area contributed by atoms with Crippen LogP contribution < -0.4 is 10.6 Å². The van der Waals surface area contributed by atoms with Crippen LogP contribution in [-0.2, 0) is 16.0 Å². The normalized spacial score (nSPS) is 17.2. The van der Waals surface area contributed by atoms with E-state index >= 15 is 0 Å². The molecule has 1 aromatic carbocycles. The molecule has 0 saturated carbocycles. The van der Waals surface area contributed by atoms with Crippen molar-refractivity contribution in [2.45, 2.75) is 24.7 Å². The second-order valence-corrected chi connectivity index (χ2v) is 7.07. The fourth-order valence-corrected chi connectivity index (χ4v) is 3.58. The number of rotatable bonds is 7. The summed E-state index contributed by atoms with van der Waals surface area (Å²) in [6, 6.07) is 7.34. The van der Waals surface area contributed by atoms with Crippen LogP contribution in [0.15, 0.2) is 29.2 Å². The van der Waals surface area contributed by atoms with Gasteiger partial charge in [-0.1, -0.05) is 13.3 Å². The molecule has 0 spiro atoms. The van der Waals surface area contributed by atoms with Crippen molar-refractivity contribution in [3.05, 3.63) is 24.3 Å². The van der Waals surface area contributed by atoms with E-state index in [0.717, 1.165) is 49.6 Å². The van der Waals surface area contributed by atoms with E-state index in [1.165, 1.54) is 0 Å².